The fourth-order valence-corrected chi connectivity index (χ4v) is 4.09. The van der Waals surface area contributed by atoms with E-state index in [1.165, 1.54) is 25.2 Å². The zero-order valence-corrected chi connectivity index (χ0v) is 20.5. The maximum atomic E-state index is 15.0. The largest absolute Gasteiger partial charge is 0.497 e. The molecule has 0 atom stereocenters. The van der Waals surface area contributed by atoms with Crippen molar-refractivity contribution in [2.45, 2.75) is 39.2 Å². The quantitative estimate of drug-likeness (QED) is 0.207. The van der Waals surface area contributed by atoms with E-state index < -0.39 is 17.5 Å². The number of halogens is 3. The average molecular weight is 491 g/mol. The average Bonchev–Trinajstić information content (AvgIpc) is 2.90. The van der Waals surface area contributed by atoms with Crippen molar-refractivity contribution in [1.29, 1.82) is 0 Å². The van der Waals surface area contributed by atoms with Crippen LogP contribution in [-0.4, -0.2) is 7.11 Å². The zero-order chi connectivity index (χ0) is 25.5. The van der Waals surface area contributed by atoms with Crippen LogP contribution in [0.25, 0.3) is 22.3 Å². The van der Waals surface area contributed by atoms with Crippen molar-refractivity contribution < 1.29 is 22.6 Å². The van der Waals surface area contributed by atoms with Crippen LogP contribution in [-0.2, 0) is 13.0 Å². The predicted molar refractivity (Wildman–Crippen MR) is 138 cm³/mol. The van der Waals surface area contributed by atoms with E-state index in [2.05, 4.69) is 6.92 Å². The highest BCUT2D eigenvalue weighted by atomic mass is 19.2. The number of methoxy groups -OCH3 is 1. The lowest BCUT2D eigenvalue weighted by Gasteiger charge is -2.11. The highest BCUT2D eigenvalue weighted by molar-refractivity contribution is 5.72. The van der Waals surface area contributed by atoms with Crippen molar-refractivity contribution in [3.63, 3.8) is 0 Å². The molecule has 0 aliphatic heterocycles. The second-order valence-corrected chi connectivity index (χ2v) is 8.71. The van der Waals surface area contributed by atoms with Gasteiger partial charge in [-0.25, -0.2) is 13.2 Å². The number of hydrogen-bond donors (Lipinski definition) is 0. The summed E-state index contributed by atoms with van der Waals surface area (Å²) in [6.07, 6.45) is 4.44. The molecule has 0 bridgehead atoms. The van der Waals surface area contributed by atoms with Gasteiger partial charge in [-0.1, -0.05) is 68.3 Å². The molecule has 2 nitrogen and oxygen atoms in total. The minimum atomic E-state index is -0.895. The molecular formula is C31H29F3O2. The van der Waals surface area contributed by atoms with E-state index in [4.69, 9.17) is 9.47 Å². The minimum absolute atomic E-state index is 0.0320. The molecule has 0 unspecified atom stereocenters. The summed E-state index contributed by atoms with van der Waals surface area (Å²) in [5, 5.41) is 0. The van der Waals surface area contributed by atoms with Gasteiger partial charge in [0.15, 0.2) is 11.6 Å². The van der Waals surface area contributed by atoms with Gasteiger partial charge in [-0.2, -0.15) is 0 Å². The van der Waals surface area contributed by atoms with Crippen LogP contribution < -0.4 is 9.47 Å². The minimum Gasteiger partial charge on any atom is -0.497 e. The van der Waals surface area contributed by atoms with Gasteiger partial charge in [-0.05, 0) is 53.8 Å². The SMILES string of the molecule is CCCCCc1ccc(-c2ccc(-c3ccc(OCc4ccc(OC)cc4F)cc3)c(F)c2F)cc1. The van der Waals surface area contributed by atoms with Gasteiger partial charge in [0.05, 0.1) is 7.11 Å². The molecular weight excluding hydrogens is 461 g/mol. The summed E-state index contributed by atoms with van der Waals surface area (Å²) in [6.45, 7) is 2.20. The van der Waals surface area contributed by atoms with Gasteiger partial charge >= 0.3 is 0 Å². The second-order valence-electron chi connectivity index (χ2n) is 8.71. The molecule has 0 fully saturated rings. The molecule has 0 amide bonds. The predicted octanol–water partition coefficient (Wildman–Crippen LogP) is 8.76. The first-order chi connectivity index (χ1) is 17.5. The van der Waals surface area contributed by atoms with E-state index in [1.807, 2.05) is 24.3 Å². The van der Waals surface area contributed by atoms with Crippen LogP contribution in [0.2, 0.25) is 0 Å². The normalized spacial score (nSPS) is 10.9. The summed E-state index contributed by atoms with van der Waals surface area (Å²) in [5.41, 5.74) is 3.15. The van der Waals surface area contributed by atoms with Crippen LogP contribution in [0.3, 0.4) is 0 Å². The third-order valence-electron chi connectivity index (χ3n) is 6.24. The number of unbranched alkanes of at least 4 members (excludes halogenated alkanes) is 2. The van der Waals surface area contributed by atoms with E-state index in [-0.39, 0.29) is 17.7 Å². The smallest absolute Gasteiger partial charge is 0.167 e. The number of hydrogen-bond acceptors (Lipinski definition) is 2. The van der Waals surface area contributed by atoms with Gasteiger partial charge in [0.25, 0.3) is 0 Å². The summed E-state index contributed by atoms with van der Waals surface area (Å²) in [6, 6.07) is 22.0. The maximum absolute atomic E-state index is 15.0. The molecule has 4 aromatic carbocycles. The van der Waals surface area contributed by atoms with Crippen LogP contribution in [0, 0.1) is 17.5 Å². The Balaban J connectivity index is 1.46. The lowest BCUT2D eigenvalue weighted by atomic mass is 9.97. The molecule has 5 heteroatoms. The second kappa shape index (κ2) is 11.8. The Morgan fingerprint density at radius 1 is 0.667 bits per heavy atom. The van der Waals surface area contributed by atoms with Crippen LogP contribution in [0.4, 0.5) is 13.2 Å². The van der Waals surface area contributed by atoms with E-state index in [1.54, 1.807) is 48.5 Å². The van der Waals surface area contributed by atoms with Gasteiger partial charge in [-0.3, -0.25) is 0 Å². The molecule has 0 saturated heterocycles. The maximum Gasteiger partial charge on any atom is 0.167 e. The van der Waals surface area contributed by atoms with E-state index in [0.29, 0.717) is 28.2 Å². The molecule has 36 heavy (non-hydrogen) atoms. The van der Waals surface area contributed by atoms with Gasteiger partial charge in [0, 0.05) is 22.8 Å². The topological polar surface area (TPSA) is 18.5 Å². The molecule has 186 valence electrons. The fourth-order valence-electron chi connectivity index (χ4n) is 4.09. The number of aryl methyl sites for hydroxylation is 1. The molecule has 0 saturated carbocycles. The molecule has 0 aliphatic rings. The molecule has 0 radical (unpaired) electrons. The van der Waals surface area contributed by atoms with Crippen molar-refractivity contribution in [2.24, 2.45) is 0 Å². The molecule has 0 N–H and O–H groups in total. The number of benzene rings is 4. The van der Waals surface area contributed by atoms with Gasteiger partial charge in [-0.15, -0.1) is 0 Å². The molecule has 4 aromatic rings. The highest BCUT2D eigenvalue weighted by Crippen LogP contribution is 2.32. The fraction of sp³-hybridized carbons (Fsp3) is 0.226. The zero-order valence-electron chi connectivity index (χ0n) is 20.5. The third-order valence-corrected chi connectivity index (χ3v) is 6.24. The Labute approximate surface area is 210 Å². The number of ether oxygens (including phenoxy) is 2. The van der Waals surface area contributed by atoms with Crippen molar-refractivity contribution in [1.82, 2.24) is 0 Å². The first kappa shape index (κ1) is 25.4. The van der Waals surface area contributed by atoms with Gasteiger partial charge in [0.1, 0.15) is 23.9 Å². The molecule has 4 rings (SSSR count). The standard InChI is InChI=1S/C31H29F3O2/c1-3-4-5-6-21-7-9-22(10-8-21)27-17-18-28(31(34)30(27)33)23-11-14-25(15-12-23)36-20-24-13-16-26(35-2)19-29(24)32/h7-19H,3-6,20H2,1-2H3. The summed E-state index contributed by atoms with van der Waals surface area (Å²) in [4.78, 5) is 0. The number of rotatable bonds is 10. The van der Waals surface area contributed by atoms with Crippen LogP contribution >= 0.6 is 0 Å². The van der Waals surface area contributed by atoms with Crippen LogP contribution in [0.15, 0.2) is 78.9 Å². The molecule has 0 spiro atoms. The molecule has 0 aliphatic carbocycles. The van der Waals surface area contributed by atoms with Gasteiger partial charge < -0.3 is 9.47 Å². The Kier molecular flexibility index (Phi) is 8.32. The van der Waals surface area contributed by atoms with Crippen LogP contribution in [0.1, 0.15) is 37.3 Å². The Bertz CT molecular complexity index is 1300. The monoisotopic (exact) mass is 490 g/mol. The van der Waals surface area contributed by atoms with Gasteiger partial charge in [0.2, 0.25) is 0 Å². The Morgan fingerprint density at radius 3 is 1.81 bits per heavy atom. The third kappa shape index (κ3) is 5.91. The van der Waals surface area contributed by atoms with E-state index >= 15 is 8.78 Å². The molecule has 0 aromatic heterocycles. The molecule has 0 heterocycles. The van der Waals surface area contributed by atoms with Crippen molar-refractivity contribution in [2.75, 3.05) is 7.11 Å². The highest BCUT2D eigenvalue weighted by Gasteiger charge is 2.16. The first-order valence-electron chi connectivity index (χ1n) is 12.1. The van der Waals surface area contributed by atoms with Crippen molar-refractivity contribution in [3.8, 4) is 33.8 Å². The van der Waals surface area contributed by atoms with Crippen LogP contribution in [0.5, 0.6) is 11.5 Å². The first-order valence-corrected chi connectivity index (χ1v) is 12.1. The lowest BCUT2D eigenvalue weighted by Crippen LogP contribution is -1.99. The summed E-state index contributed by atoms with van der Waals surface area (Å²) in [7, 11) is 1.47. The lowest BCUT2D eigenvalue weighted by molar-refractivity contribution is 0.299. The Hall–Kier alpha value is -3.73. The van der Waals surface area contributed by atoms with E-state index in [9.17, 15) is 4.39 Å². The van der Waals surface area contributed by atoms with E-state index in [0.717, 1.165) is 19.3 Å². The summed E-state index contributed by atoms with van der Waals surface area (Å²) < 4.78 is 54.8. The summed E-state index contributed by atoms with van der Waals surface area (Å²) >= 11 is 0. The Morgan fingerprint density at radius 2 is 1.25 bits per heavy atom. The van der Waals surface area contributed by atoms with Crippen molar-refractivity contribution in [3.05, 3.63) is 107 Å². The van der Waals surface area contributed by atoms with Crippen molar-refractivity contribution >= 4 is 0 Å². The summed E-state index contributed by atoms with van der Waals surface area (Å²) in [5.74, 6) is -1.27.